The van der Waals surface area contributed by atoms with Crippen LogP contribution >= 0.6 is 10.2 Å². The van der Waals surface area contributed by atoms with Gasteiger partial charge in [-0.3, -0.25) is 4.72 Å². The van der Waals surface area contributed by atoms with Gasteiger partial charge in [0, 0.05) is 0 Å². The largest absolute Gasteiger partial charge is 0.382 e. The second kappa shape index (κ2) is 5.08. The lowest BCUT2D eigenvalue weighted by atomic mass is 10.1. The molecule has 1 aliphatic heterocycles. The summed E-state index contributed by atoms with van der Waals surface area (Å²) in [6.45, 7) is 2.01. The molecular formula is C14H19NOS. The minimum Gasteiger partial charge on any atom is -0.382 e. The lowest BCUT2D eigenvalue weighted by Crippen LogP contribution is -2.23. The van der Waals surface area contributed by atoms with Crippen molar-refractivity contribution in [3.05, 3.63) is 52.8 Å². The molecule has 2 nitrogen and oxygen atoms in total. The van der Waals surface area contributed by atoms with E-state index in [2.05, 4.69) is 33.7 Å². The molecule has 17 heavy (non-hydrogen) atoms. The van der Waals surface area contributed by atoms with Gasteiger partial charge < -0.3 is 5.11 Å². The molecule has 1 aromatic carbocycles. The second-order valence-electron chi connectivity index (χ2n) is 4.07. The van der Waals surface area contributed by atoms with E-state index in [1.54, 1.807) is 0 Å². The maximum Gasteiger partial charge on any atom is 0.102 e. The minimum atomic E-state index is -1.36. The van der Waals surface area contributed by atoms with Crippen molar-refractivity contribution in [2.45, 2.75) is 18.8 Å². The highest BCUT2D eigenvalue weighted by Crippen LogP contribution is 2.57. The zero-order valence-corrected chi connectivity index (χ0v) is 11.1. The van der Waals surface area contributed by atoms with Crippen molar-refractivity contribution in [3.8, 4) is 0 Å². The summed E-state index contributed by atoms with van der Waals surface area (Å²) < 4.78 is 3.30. The quantitative estimate of drug-likeness (QED) is 0.858. The predicted octanol–water partition coefficient (Wildman–Crippen LogP) is 3.22. The van der Waals surface area contributed by atoms with Crippen LogP contribution in [0.4, 0.5) is 0 Å². The molecule has 0 radical (unpaired) electrons. The molecule has 0 fully saturated rings. The smallest absolute Gasteiger partial charge is 0.102 e. The van der Waals surface area contributed by atoms with Gasteiger partial charge in [0.05, 0.1) is 0 Å². The van der Waals surface area contributed by atoms with Gasteiger partial charge in [0.25, 0.3) is 0 Å². The third-order valence-electron chi connectivity index (χ3n) is 3.05. The summed E-state index contributed by atoms with van der Waals surface area (Å²) >= 11 is 0. The van der Waals surface area contributed by atoms with Crippen LogP contribution < -0.4 is 4.72 Å². The maximum absolute atomic E-state index is 10.2. The standard InChI is InChI=1S/C14H19NOS/c1-3-14(16)17(15-2)10-9-13(11-17)12-7-5-4-6-8-12/h4-11,14-16H,3H2,1-2H3. The molecule has 0 spiro atoms. The first-order chi connectivity index (χ1) is 8.22. The summed E-state index contributed by atoms with van der Waals surface area (Å²) in [5.74, 6) is 0. The number of hydrogen-bond acceptors (Lipinski definition) is 2. The van der Waals surface area contributed by atoms with Crippen molar-refractivity contribution in [1.29, 1.82) is 0 Å². The van der Waals surface area contributed by atoms with E-state index in [0.29, 0.717) is 0 Å². The Kier molecular flexibility index (Phi) is 3.72. The summed E-state index contributed by atoms with van der Waals surface area (Å²) in [6, 6.07) is 10.3. The molecule has 3 heteroatoms. The maximum atomic E-state index is 10.2. The molecule has 0 saturated carbocycles. The van der Waals surface area contributed by atoms with E-state index in [-0.39, 0.29) is 5.44 Å². The van der Waals surface area contributed by atoms with E-state index in [1.165, 1.54) is 11.1 Å². The minimum absolute atomic E-state index is 0.315. The first-order valence-electron chi connectivity index (χ1n) is 5.86. The zero-order chi connectivity index (χ0) is 12.3. The number of nitrogens with one attached hydrogen (secondary N) is 1. The van der Waals surface area contributed by atoms with Gasteiger partial charge in [-0.15, -0.1) is 10.2 Å². The SMILES string of the molecule is CCC(O)S1(NC)C=CC(c2ccccc2)=C1. The highest BCUT2D eigenvalue weighted by Gasteiger charge is 2.28. The van der Waals surface area contributed by atoms with Crippen LogP contribution in [-0.4, -0.2) is 17.6 Å². The molecule has 92 valence electrons. The van der Waals surface area contributed by atoms with E-state index in [1.807, 2.05) is 32.2 Å². The molecule has 1 heterocycles. The van der Waals surface area contributed by atoms with Crippen LogP contribution in [0.25, 0.3) is 5.57 Å². The summed E-state index contributed by atoms with van der Waals surface area (Å²) in [5.41, 5.74) is 2.09. The van der Waals surface area contributed by atoms with Crippen molar-refractivity contribution in [1.82, 2.24) is 4.72 Å². The molecule has 0 amide bonds. The molecule has 1 aliphatic rings. The summed E-state index contributed by atoms with van der Waals surface area (Å²) in [4.78, 5) is 0. The van der Waals surface area contributed by atoms with E-state index in [0.717, 1.165) is 6.42 Å². The Morgan fingerprint density at radius 2 is 2.00 bits per heavy atom. The average Bonchev–Trinajstić information content (AvgIpc) is 2.84. The number of allylic oxidation sites excluding steroid dienone is 2. The molecule has 2 rings (SSSR count). The highest BCUT2D eigenvalue weighted by atomic mass is 32.3. The third-order valence-corrected chi connectivity index (χ3v) is 6.23. The van der Waals surface area contributed by atoms with Crippen LogP contribution in [-0.2, 0) is 0 Å². The average molecular weight is 249 g/mol. The molecule has 0 bridgehead atoms. The van der Waals surface area contributed by atoms with Crippen LogP contribution in [0, 0.1) is 0 Å². The highest BCUT2D eigenvalue weighted by molar-refractivity contribution is 8.37. The van der Waals surface area contributed by atoms with Crippen LogP contribution in [0.2, 0.25) is 0 Å². The number of aliphatic hydroxyl groups excluding tert-OH is 1. The van der Waals surface area contributed by atoms with E-state index < -0.39 is 10.2 Å². The Labute approximate surface area is 105 Å². The fourth-order valence-electron chi connectivity index (χ4n) is 1.98. The number of aliphatic hydroxyl groups is 1. The molecule has 0 aromatic heterocycles. The Balaban J connectivity index is 2.33. The first-order valence-corrected chi connectivity index (χ1v) is 7.68. The van der Waals surface area contributed by atoms with Crippen molar-refractivity contribution in [2.75, 3.05) is 7.05 Å². The predicted molar refractivity (Wildman–Crippen MR) is 76.5 cm³/mol. The Hall–Kier alpha value is -1.03. The van der Waals surface area contributed by atoms with Crippen LogP contribution in [0.5, 0.6) is 0 Å². The van der Waals surface area contributed by atoms with Gasteiger partial charge in [0.2, 0.25) is 0 Å². The van der Waals surface area contributed by atoms with E-state index in [4.69, 9.17) is 0 Å². The van der Waals surface area contributed by atoms with Crippen LogP contribution in [0.3, 0.4) is 0 Å². The van der Waals surface area contributed by atoms with E-state index >= 15 is 0 Å². The Morgan fingerprint density at radius 1 is 1.29 bits per heavy atom. The van der Waals surface area contributed by atoms with Gasteiger partial charge in [-0.25, -0.2) is 0 Å². The van der Waals surface area contributed by atoms with Crippen LogP contribution in [0.15, 0.2) is 47.2 Å². The van der Waals surface area contributed by atoms with Gasteiger partial charge in [-0.05, 0) is 41.5 Å². The topological polar surface area (TPSA) is 32.3 Å². The van der Waals surface area contributed by atoms with Gasteiger partial charge in [-0.1, -0.05) is 37.3 Å². The van der Waals surface area contributed by atoms with Crippen molar-refractivity contribution < 1.29 is 5.11 Å². The number of benzene rings is 1. The number of hydrogen-bond donors (Lipinski definition) is 2. The Bertz CT molecular complexity index is 441. The van der Waals surface area contributed by atoms with Crippen LogP contribution in [0.1, 0.15) is 18.9 Å². The monoisotopic (exact) mass is 249 g/mol. The molecular weight excluding hydrogens is 230 g/mol. The van der Waals surface area contributed by atoms with Crippen molar-refractivity contribution in [2.24, 2.45) is 0 Å². The van der Waals surface area contributed by atoms with Gasteiger partial charge >= 0.3 is 0 Å². The molecule has 2 N–H and O–H groups in total. The van der Waals surface area contributed by atoms with E-state index in [9.17, 15) is 5.11 Å². The fraction of sp³-hybridized carbons (Fsp3) is 0.286. The Morgan fingerprint density at radius 3 is 2.59 bits per heavy atom. The van der Waals surface area contributed by atoms with Gasteiger partial charge in [0.1, 0.15) is 5.44 Å². The van der Waals surface area contributed by atoms with Crippen molar-refractivity contribution in [3.63, 3.8) is 0 Å². The first kappa shape index (κ1) is 12.4. The zero-order valence-electron chi connectivity index (χ0n) is 10.3. The fourth-order valence-corrected chi connectivity index (χ4v) is 4.48. The summed E-state index contributed by atoms with van der Waals surface area (Å²) in [6.07, 6.45) is 2.87. The number of rotatable bonds is 4. The molecule has 2 unspecified atom stereocenters. The molecule has 2 atom stereocenters. The molecule has 0 aliphatic carbocycles. The lowest BCUT2D eigenvalue weighted by Gasteiger charge is -2.35. The summed E-state index contributed by atoms with van der Waals surface area (Å²) in [7, 11) is 0.557. The normalized spacial score (nSPS) is 28.5. The molecule has 0 saturated heterocycles. The van der Waals surface area contributed by atoms with Gasteiger partial charge in [-0.2, -0.15) is 0 Å². The lowest BCUT2D eigenvalue weighted by molar-refractivity contribution is 0.255. The third kappa shape index (κ3) is 2.32. The van der Waals surface area contributed by atoms with Gasteiger partial charge in [0.15, 0.2) is 0 Å². The van der Waals surface area contributed by atoms with Crippen molar-refractivity contribution >= 4 is 15.8 Å². The summed E-state index contributed by atoms with van der Waals surface area (Å²) in [5, 5.41) is 14.5. The molecule has 1 aromatic rings. The second-order valence-corrected chi connectivity index (χ2v) is 7.05.